The number of aliphatic imine (C=N–C) groups is 1. The highest BCUT2D eigenvalue weighted by molar-refractivity contribution is 5.79. The molecular formula is C20H30N4O. The van der Waals surface area contributed by atoms with Gasteiger partial charge in [0.05, 0.1) is 5.69 Å². The van der Waals surface area contributed by atoms with Gasteiger partial charge >= 0.3 is 0 Å². The van der Waals surface area contributed by atoms with Gasteiger partial charge in [-0.05, 0) is 31.2 Å². The number of aromatic nitrogens is 1. The van der Waals surface area contributed by atoms with E-state index in [0.717, 1.165) is 30.5 Å². The minimum absolute atomic E-state index is 0.364. The van der Waals surface area contributed by atoms with Crippen LogP contribution in [0.1, 0.15) is 62.1 Å². The normalized spacial score (nSPS) is 13.1. The SMILES string of the molecule is CCNC(=NCc1cc(C(C)C)no1)NCC(C)c1cccc(C)c1. The van der Waals surface area contributed by atoms with Gasteiger partial charge in [0.25, 0.3) is 0 Å². The first kappa shape index (κ1) is 19.0. The molecule has 0 aliphatic carbocycles. The molecule has 1 heterocycles. The van der Waals surface area contributed by atoms with Gasteiger partial charge in [0, 0.05) is 19.2 Å². The van der Waals surface area contributed by atoms with Crippen molar-refractivity contribution in [3.63, 3.8) is 0 Å². The third-order valence-corrected chi connectivity index (χ3v) is 4.09. The monoisotopic (exact) mass is 342 g/mol. The fourth-order valence-corrected chi connectivity index (χ4v) is 2.52. The van der Waals surface area contributed by atoms with Crippen molar-refractivity contribution in [2.45, 2.75) is 53.0 Å². The van der Waals surface area contributed by atoms with Gasteiger partial charge in [-0.2, -0.15) is 0 Å². The summed E-state index contributed by atoms with van der Waals surface area (Å²) in [6.45, 7) is 12.7. The third kappa shape index (κ3) is 5.93. The molecule has 1 aromatic carbocycles. The molecule has 0 spiro atoms. The van der Waals surface area contributed by atoms with Gasteiger partial charge in [0.2, 0.25) is 0 Å². The smallest absolute Gasteiger partial charge is 0.191 e. The zero-order valence-corrected chi connectivity index (χ0v) is 16.0. The lowest BCUT2D eigenvalue weighted by molar-refractivity contribution is 0.376. The Labute approximate surface area is 150 Å². The van der Waals surface area contributed by atoms with Crippen LogP contribution in [0.4, 0.5) is 0 Å². The van der Waals surface area contributed by atoms with Gasteiger partial charge in [-0.1, -0.05) is 55.8 Å². The molecule has 25 heavy (non-hydrogen) atoms. The van der Waals surface area contributed by atoms with Crippen molar-refractivity contribution in [1.82, 2.24) is 15.8 Å². The number of guanidine groups is 1. The second-order valence-electron chi connectivity index (χ2n) is 6.76. The van der Waals surface area contributed by atoms with Crippen molar-refractivity contribution in [1.29, 1.82) is 0 Å². The fraction of sp³-hybridized carbons (Fsp3) is 0.500. The van der Waals surface area contributed by atoms with E-state index in [1.54, 1.807) is 0 Å². The lowest BCUT2D eigenvalue weighted by Crippen LogP contribution is -2.39. The Hall–Kier alpha value is -2.30. The van der Waals surface area contributed by atoms with Crippen LogP contribution in [0.3, 0.4) is 0 Å². The Morgan fingerprint density at radius 2 is 2.00 bits per heavy atom. The average Bonchev–Trinajstić information content (AvgIpc) is 3.06. The highest BCUT2D eigenvalue weighted by Gasteiger charge is 2.09. The van der Waals surface area contributed by atoms with E-state index in [4.69, 9.17) is 4.52 Å². The predicted octanol–water partition coefficient (Wildman–Crippen LogP) is 3.97. The number of hydrogen-bond donors (Lipinski definition) is 2. The van der Waals surface area contributed by atoms with Crippen LogP contribution < -0.4 is 10.6 Å². The van der Waals surface area contributed by atoms with E-state index in [-0.39, 0.29) is 0 Å². The summed E-state index contributed by atoms with van der Waals surface area (Å²) in [5, 5.41) is 10.8. The van der Waals surface area contributed by atoms with Crippen molar-refractivity contribution < 1.29 is 4.52 Å². The van der Waals surface area contributed by atoms with Crippen molar-refractivity contribution >= 4 is 5.96 Å². The molecule has 0 amide bonds. The molecule has 1 aromatic heterocycles. The number of benzene rings is 1. The maximum atomic E-state index is 5.35. The molecule has 2 N–H and O–H groups in total. The van der Waals surface area contributed by atoms with Gasteiger partial charge < -0.3 is 15.2 Å². The van der Waals surface area contributed by atoms with Crippen LogP contribution in [0, 0.1) is 6.92 Å². The Kier molecular flexibility index (Phi) is 7.04. The van der Waals surface area contributed by atoms with E-state index in [2.05, 4.69) is 79.7 Å². The first-order valence-electron chi connectivity index (χ1n) is 9.03. The lowest BCUT2D eigenvalue weighted by Gasteiger charge is -2.16. The van der Waals surface area contributed by atoms with Crippen LogP contribution in [0.5, 0.6) is 0 Å². The molecule has 5 nitrogen and oxygen atoms in total. The summed E-state index contributed by atoms with van der Waals surface area (Å²) in [7, 11) is 0. The third-order valence-electron chi connectivity index (χ3n) is 4.09. The molecule has 2 aromatic rings. The van der Waals surface area contributed by atoms with Crippen LogP contribution in [0.25, 0.3) is 0 Å². The minimum atomic E-state index is 0.364. The zero-order chi connectivity index (χ0) is 18.2. The second kappa shape index (κ2) is 9.25. The van der Waals surface area contributed by atoms with Gasteiger partial charge in [-0.15, -0.1) is 0 Å². The molecule has 0 aliphatic heterocycles. The molecule has 1 atom stereocenters. The lowest BCUT2D eigenvalue weighted by atomic mass is 9.99. The van der Waals surface area contributed by atoms with Crippen molar-refractivity contribution in [3.8, 4) is 0 Å². The molecule has 2 rings (SSSR count). The first-order valence-corrected chi connectivity index (χ1v) is 9.03. The molecule has 0 saturated carbocycles. The zero-order valence-electron chi connectivity index (χ0n) is 16.0. The Morgan fingerprint density at radius 3 is 2.64 bits per heavy atom. The number of hydrogen-bond acceptors (Lipinski definition) is 3. The Morgan fingerprint density at radius 1 is 1.20 bits per heavy atom. The summed E-state index contributed by atoms with van der Waals surface area (Å²) in [5.41, 5.74) is 3.59. The average molecular weight is 342 g/mol. The Bertz CT molecular complexity index is 691. The highest BCUT2D eigenvalue weighted by Crippen LogP contribution is 2.16. The molecule has 1 unspecified atom stereocenters. The molecule has 0 saturated heterocycles. The maximum Gasteiger partial charge on any atom is 0.191 e. The minimum Gasteiger partial charge on any atom is -0.359 e. The van der Waals surface area contributed by atoms with E-state index >= 15 is 0 Å². The van der Waals surface area contributed by atoms with Gasteiger partial charge in [0.1, 0.15) is 6.54 Å². The fourth-order valence-electron chi connectivity index (χ4n) is 2.52. The maximum absolute atomic E-state index is 5.35. The summed E-state index contributed by atoms with van der Waals surface area (Å²) < 4.78 is 5.35. The molecule has 5 heteroatoms. The number of aryl methyl sites for hydroxylation is 1. The predicted molar refractivity (Wildman–Crippen MR) is 103 cm³/mol. The highest BCUT2D eigenvalue weighted by atomic mass is 16.5. The number of nitrogens with zero attached hydrogens (tertiary/aromatic N) is 2. The topological polar surface area (TPSA) is 62.5 Å². The van der Waals surface area contributed by atoms with Crippen LogP contribution in [0.2, 0.25) is 0 Å². The molecule has 0 bridgehead atoms. The molecular weight excluding hydrogens is 312 g/mol. The van der Waals surface area contributed by atoms with Crippen LogP contribution in [-0.2, 0) is 6.54 Å². The van der Waals surface area contributed by atoms with Crippen molar-refractivity contribution in [3.05, 3.63) is 52.9 Å². The molecule has 0 aliphatic rings. The quantitative estimate of drug-likeness (QED) is 0.590. The van der Waals surface area contributed by atoms with E-state index in [1.165, 1.54) is 11.1 Å². The summed E-state index contributed by atoms with van der Waals surface area (Å²) in [6, 6.07) is 10.6. The van der Waals surface area contributed by atoms with Crippen LogP contribution >= 0.6 is 0 Å². The summed E-state index contributed by atoms with van der Waals surface area (Å²) in [4.78, 5) is 4.60. The summed E-state index contributed by atoms with van der Waals surface area (Å²) >= 11 is 0. The van der Waals surface area contributed by atoms with Crippen molar-refractivity contribution in [2.75, 3.05) is 13.1 Å². The molecule has 136 valence electrons. The van der Waals surface area contributed by atoms with E-state index < -0.39 is 0 Å². The van der Waals surface area contributed by atoms with Gasteiger partial charge in [-0.25, -0.2) is 4.99 Å². The van der Waals surface area contributed by atoms with E-state index in [0.29, 0.717) is 18.4 Å². The van der Waals surface area contributed by atoms with Crippen LogP contribution in [0.15, 0.2) is 39.8 Å². The second-order valence-corrected chi connectivity index (χ2v) is 6.76. The Balaban J connectivity index is 1.94. The largest absolute Gasteiger partial charge is 0.359 e. The molecule has 0 radical (unpaired) electrons. The first-order chi connectivity index (χ1) is 12.0. The van der Waals surface area contributed by atoms with Gasteiger partial charge in [0.15, 0.2) is 11.7 Å². The number of rotatable bonds is 7. The summed E-state index contributed by atoms with van der Waals surface area (Å²) in [5.74, 6) is 2.35. The van der Waals surface area contributed by atoms with E-state index in [9.17, 15) is 0 Å². The van der Waals surface area contributed by atoms with Crippen molar-refractivity contribution in [2.24, 2.45) is 4.99 Å². The van der Waals surface area contributed by atoms with Gasteiger partial charge in [-0.3, -0.25) is 0 Å². The van der Waals surface area contributed by atoms with E-state index in [1.807, 2.05) is 6.07 Å². The van der Waals surface area contributed by atoms with Crippen LogP contribution in [-0.4, -0.2) is 24.2 Å². The standard InChI is InChI=1S/C20H30N4O/c1-6-21-20(23-13-18-11-19(14(2)3)24-25-18)22-12-16(5)17-9-7-8-15(4)10-17/h7-11,14,16H,6,12-13H2,1-5H3,(H2,21,22,23). The summed E-state index contributed by atoms with van der Waals surface area (Å²) in [6.07, 6.45) is 0. The molecule has 0 fully saturated rings. The number of nitrogens with one attached hydrogen (secondary N) is 2.